The number of hydrogen-bond donors (Lipinski definition) is 2. The van der Waals surface area contributed by atoms with E-state index in [1.807, 2.05) is 20.8 Å². The van der Waals surface area contributed by atoms with Gasteiger partial charge in [-0.05, 0) is 34.1 Å². The molecule has 0 bridgehead atoms. The Morgan fingerprint density at radius 1 is 1.21 bits per heavy atom. The fourth-order valence-corrected chi connectivity index (χ4v) is 3.62. The van der Waals surface area contributed by atoms with E-state index in [1.165, 1.54) is 11.5 Å². The smallest absolute Gasteiger partial charge is 0.407 e. The van der Waals surface area contributed by atoms with E-state index in [1.54, 1.807) is 0 Å². The standard InChI is InChI=1S/C19H35N7O2S/c1-6-15-23-17(29-24-15)26-13-11-25(12-14-26)16(20-7-2)21-9-8-10-22-18(27)28-19(3,4)5/h6-14H2,1-5H3,(H,20,21)(H,22,27). The molecule has 9 nitrogen and oxygen atoms in total. The van der Waals surface area contributed by atoms with E-state index in [-0.39, 0.29) is 6.09 Å². The van der Waals surface area contributed by atoms with Crippen LogP contribution in [-0.4, -0.2) is 77.7 Å². The molecule has 0 aromatic carbocycles. The minimum Gasteiger partial charge on any atom is -0.444 e. The molecule has 1 amide bonds. The molecule has 0 saturated carbocycles. The number of hydrogen-bond acceptors (Lipinski definition) is 7. The van der Waals surface area contributed by atoms with Crippen LogP contribution in [0.25, 0.3) is 0 Å². The molecule has 2 N–H and O–H groups in total. The van der Waals surface area contributed by atoms with Crippen molar-refractivity contribution in [3.05, 3.63) is 5.82 Å². The Kier molecular flexibility index (Phi) is 8.94. The number of aromatic nitrogens is 2. The van der Waals surface area contributed by atoms with Gasteiger partial charge in [0.1, 0.15) is 11.4 Å². The van der Waals surface area contributed by atoms with E-state index in [0.29, 0.717) is 13.1 Å². The summed E-state index contributed by atoms with van der Waals surface area (Å²) in [6.07, 6.45) is 1.25. The first-order chi connectivity index (χ1) is 13.8. The van der Waals surface area contributed by atoms with Crippen molar-refractivity contribution >= 4 is 28.7 Å². The number of aliphatic imine (C=N–C) groups is 1. The predicted molar refractivity (Wildman–Crippen MR) is 118 cm³/mol. The van der Waals surface area contributed by atoms with Crippen LogP contribution in [-0.2, 0) is 11.2 Å². The number of ether oxygens (including phenoxy) is 1. The molecule has 0 unspecified atom stereocenters. The van der Waals surface area contributed by atoms with Crippen molar-refractivity contribution < 1.29 is 9.53 Å². The number of nitrogens with one attached hydrogen (secondary N) is 2. The van der Waals surface area contributed by atoms with Gasteiger partial charge in [-0.2, -0.15) is 4.37 Å². The van der Waals surface area contributed by atoms with Gasteiger partial charge in [0.05, 0.1) is 0 Å². The first-order valence-electron chi connectivity index (χ1n) is 10.4. The van der Waals surface area contributed by atoms with Gasteiger partial charge in [-0.3, -0.25) is 4.99 Å². The van der Waals surface area contributed by atoms with Gasteiger partial charge < -0.3 is 25.2 Å². The number of alkyl carbamates (subject to hydrolysis) is 1. The quantitative estimate of drug-likeness (QED) is 0.392. The van der Waals surface area contributed by atoms with Crippen LogP contribution >= 0.6 is 11.5 Å². The Labute approximate surface area is 178 Å². The lowest BCUT2D eigenvalue weighted by Gasteiger charge is -2.36. The van der Waals surface area contributed by atoms with Gasteiger partial charge >= 0.3 is 6.09 Å². The van der Waals surface area contributed by atoms with Crippen LogP contribution in [0.2, 0.25) is 0 Å². The second-order valence-corrected chi connectivity index (χ2v) is 8.57. The first kappa shape index (κ1) is 23.2. The lowest BCUT2D eigenvalue weighted by atomic mass is 10.2. The lowest BCUT2D eigenvalue weighted by molar-refractivity contribution is 0.0527. The Morgan fingerprint density at radius 2 is 1.93 bits per heavy atom. The van der Waals surface area contributed by atoms with Crippen molar-refractivity contribution in [2.24, 2.45) is 4.99 Å². The van der Waals surface area contributed by atoms with Gasteiger partial charge in [-0.15, -0.1) is 0 Å². The molecular formula is C19H35N7O2S. The molecule has 10 heteroatoms. The second-order valence-electron chi connectivity index (χ2n) is 7.84. The monoisotopic (exact) mass is 425 g/mol. The van der Waals surface area contributed by atoms with Crippen molar-refractivity contribution in [1.29, 1.82) is 0 Å². The zero-order valence-corrected chi connectivity index (χ0v) is 19.1. The summed E-state index contributed by atoms with van der Waals surface area (Å²) in [7, 11) is 0. The molecule has 0 radical (unpaired) electrons. The fourth-order valence-electron chi connectivity index (χ4n) is 2.82. The number of rotatable bonds is 7. The van der Waals surface area contributed by atoms with E-state index >= 15 is 0 Å². The molecule has 164 valence electrons. The van der Waals surface area contributed by atoms with Crippen LogP contribution in [0, 0.1) is 0 Å². The molecule has 0 spiro atoms. The molecule has 1 saturated heterocycles. The minimum atomic E-state index is -0.477. The highest BCUT2D eigenvalue weighted by Crippen LogP contribution is 2.19. The summed E-state index contributed by atoms with van der Waals surface area (Å²) in [5, 5.41) is 7.15. The van der Waals surface area contributed by atoms with E-state index in [2.05, 4.69) is 43.6 Å². The topological polar surface area (TPSA) is 95.0 Å². The molecule has 2 rings (SSSR count). The van der Waals surface area contributed by atoms with Crippen LogP contribution in [0.5, 0.6) is 0 Å². The zero-order valence-electron chi connectivity index (χ0n) is 18.3. The zero-order chi connectivity index (χ0) is 21.3. The summed E-state index contributed by atoms with van der Waals surface area (Å²) >= 11 is 1.48. The highest BCUT2D eigenvalue weighted by molar-refractivity contribution is 7.09. The van der Waals surface area contributed by atoms with Gasteiger partial charge in [-0.25, -0.2) is 9.78 Å². The SMILES string of the molecule is CCNC(=NCCCNC(=O)OC(C)(C)C)N1CCN(c2nc(CC)ns2)CC1. The number of nitrogens with zero attached hydrogens (tertiary/aromatic N) is 5. The molecular weight excluding hydrogens is 390 g/mol. The molecule has 1 aliphatic heterocycles. The van der Waals surface area contributed by atoms with Crippen LogP contribution < -0.4 is 15.5 Å². The lowest BCUT2D eigenvalue weighted by Crippen LogP contribution is -2.52. The fraction of sp³-hybridized carbons (Fsp3) is 0.789. The Morgan fingerprint density at radius 3 is 2.52 bits per heavy atom. The number of carbonyl (C=O) groups excluding carboxylic acids is 1. The number of carbonyl (C=O) groups is 1. The molecule has 1 aliphatic rings. The van der Waals surface area contributed by atoms with Gasteiger partial charge in [0.25, 0.3) is 0 Å². The van der Waals surface area contributed by atoms with Gasteiger partial charge in [0.15, 0.2) is 5.96 Å². The third-order valence-corrected chi connectivity index (χ3v) is 5.04. The molecule has 2 heterocycles. The van der Waals surface area contributed by atoms with Crippen LogP contribution in [0.4, 0.5) is 9.93 Å². The summed E-state index contributed by atoms with van der Waals surface area (Å²) in [4.78, 5) is 25.6. The first-order valence-corrected chi connectivity index (χ1v) is 11.2. The van der Waals surface area contributed by atoms with Gasteiger partial charge in [0.2, 0.25) is 5.13 Å². The maximum atomic E-state index is 11.7. The van der Waals surface area contributed by atoms with Crippen molar-refractivity contribution in [2.45, 2.75) is 53.1 Å². The highest BCUT2D eigenvalue weighted by atomic mass is 32.1. The minimum absolute atomic E-state index is 0.382. The maximum absolute atomic E-state index is 11.7. The van der Waals surface area contributed by atoms with Crippen LogP contribution in [0.3, 0.4) is 0 Å². The maximum Gasteiger partial charge on any atom is 0.407 e. The van der Waals surface area contributed by atoms with E-state index < -0.39 is 5.60 Å². The molecule has 1 fully saturated rings. The predicted octanol–water partition coefficient (Wildman–Crippen LogP) is 2.10. The van der Waals surface area contributed by atoms with Crippen LogP contribution in [0.1, 0.15) is 46.9 Å². The number of piperazine rings is 1. The summed E-state index contributed by atoms with van der Waals surface area (Å²) < 4.78 is 9.62. The summed E-state index contributed by atoms with van der Waals surface area (Å²) in [6.45, 7) is 15.3. The number of guanidine groups is 1. The van der Waals surface area contributed by atoms with Crippen molar-refractivity contribution in [3.8, 4) is 0 Å². The average molecular weight is 426 g/mol. The summed E-state index contributed by atoms with van der Waals surface area (Å²) in [6, 6.07) is 0. The molecule has 0 atom stereocenters. The largest absolute Gasteiger partial charge is 0.444 e. The second kappa shape index (κ2) is 11.2. The Bertz CT molecular complexity index is 664. The van der Waals surface area contributed by atoms with Crippen molar-refractivity contribution in [1.82, 2.24) is 24.9 Å². The third-order valence-electron chi connectivity index (χ3n) is 4.22. The number of anilines is 1. The summed E-state index contributed by atoms with van der Waals surface area (Å²) in [5.74, 6) is 1.85. The van der Waals surface area contributed by atoms with E-state index in [4.69, 9.17) is 9.73 Å². The Hall–Kier alpha value is -2.10. The molecule has 0 aliphatic carbocycles. The number of aryl methyl sites for hydroxylation is 1. The molecule has 29 heavy (non-hydrogen) atoms. The normalized spacial score (nSPS) is 15.4. The van der Waals surface area contributed by atoms with E-state index in [9.17, 15) is 4.79 Å². The van der Waals surface area contributed by atoms with Gasteiger partial charge in [-0.1, -0.05) is 6.92 Å². The van der Waals surface area contributed by atoms with Crippen molar-refractivity contribution in [2.75, 3.05) is 50.7 Å². The van der Waals surface area contributed by atoms with Crippen LogP contribution in [0.15, 0.2) is 4.99 Å². The third kappa shape index (κ3) is 8.04. The van der Waals surface area contributed by atoms with Crippen molar-refractivity contribution in [3.63, 3.8) is 0 Å². The van der Waals surface area contributed by atoms with Gasteiger partial charge in [0, 0.05) is 63.8 Å². The highest BCUT2D eigenvalue weighted by Gasteiger charge is 2.22. The number of amides is 1. The summed E-state index contributed by atoms with van der Waals surface area (Å²) in [5.41, 5.74) is -0.477. The van der Waals surface area contributed by atoms with E-state index in [0.717, 1.165) is 62.5 Å². The molecule has 1 aromatic heterocycles. The Balaban J connectivity index is 1.76. The average Bonchev–Trinajstić information content (AvgIpc) is 3.15. The molecule has 1 aromatic rings.